The van der Waals surface area contributed by atoms with Gasteiger partial charge >= 0.3 is 0 Å². The number of nitrogens with one attached hydrogen (secondary N) is 1. The van der Waals surface area contributed by atoms with Gasteiger partial charge < -0.3 is 5.32 Å². The quantitative estimate of drug-likeness (QED) is 0.787. The Morgan fingerprint density at radius 3 is 2.54 bits per heavy atom. The maximum atomic E-state index is 12.2. The fraction of sp³-hybridized carbons (Fsp3) is 0.312. The molecule has 3 rings (SSSR count). The number of thiazole rings is 1. The first kappa shape index (κ1) is 16.3. The van der Waals surface area contributed by atoms with E-state index < -0.39 is 0 Å². The molecule has 0 aliphatic heterocycles. The van der Waals surface area contributed by atoms with Gasteiger partial charge in [0.1, 0.15) is 0 Å². The van der Waals surface area contributed by atoms with Crippen LogP contribution in [0.2, 0.25) is 0 Å². The van der Waals surface area contributed by atoms with Crippen LogP contribution in [0.4, 0.5) is 5.13 Å². The summed E-state index contributed by atoms with van der Waals surface area (Å²) >= 11 is 1.39. The third kappa shape index (κ3) is 3.33. The van der Waals surface area contributed by atoms with Crippen LogP contribution in [0, 0.1) is 27.7 Å². The zero-order valence-corrected chi connectivity index (χ0v) is 14.8. The molecule has 0 unspecified atom stereocenters. The van der Waals surface area contributed by atoms with Crippen molar-refractivity contribution >= 4 is 22.4 Å². The maximum absolute atomic E-state index is 12.2. The van der Waals surface area contributed by atoms with Crippen molar-refractivity contribution in [3.05, 3.63) is 46.0 Å². The third-order valence-electron chi connectivity index (χ3n) is 3.62. The number of anilines is 1. The summed E-state index contributed by atoms with van der Waals surface area (Å²) in [5, 5.41) is 9.72. The lowest BCUT2D eigenvalue weighted by molar-refractivity contribution is -0.115. The first-order valence-electron chi connectivity index (χ1n) is 7.51. The predicted octanol–water partition coefficient (Wildman–Crippen LogP) is 2.53. The van der Waals surface area contributed by atoms with Crippen LogP contribution in [0.5, 0.6) is 0 Å². The van der Waals surface area contributed by atoms with E-state index in [1.807, 2.05) is 39.1 Å². The van der Waals surface area contributed by atoms with Gasteiger partial charge in [-0.05, 0) is 33.8 Å². The Kier molecular flexibility index (Phi) is 4.39. The Morgan fingerprint density at radius 2 is 1.92 bits per heavy atom. The number of aryl methyl sites for hydroxylation is 3. The van der Waals surface area contributed by atoms with Crippen molar-refractivity contribution in [2.45, 2.75) is 34.1 Å². The number of rotatable bonds is 4. The smallest absolute Gasteiger partial charge is 0.251 e. The zero-order valence-electron chi connectivity index (χ0n) is 14.0. The highest BCUT2D eigenvalue weighted by Crippen LogP contribution is 2.18. The van der Waals surface area contributed by atoms with Crippen molar-refractivity contribution in [1.29, 1.82) is 0 Å². The van der Waals surface area contributed by atoms with Gasteiger partial charge in [-0.2, -0.15) is 5.10 Å². The van der Waals surface area contributed by atoms with Crippen molar-refractivity contribution in [2.24, 2.45) is 0 Å². The van der Waals surface area contributed by atoms with E-state index >= 15 is 0 Å². The number of hydrogen-bond donors (Lipinski definition) is 1. The molecule has 3 aromatic rings. The molecule has 0 aliphatic rings. The summed E-state index contributed by atoms with van der Waals surface area (Å²) in [6.07, 6.45) is 1.90. The lowest BCUT2D eigenvalue weighted by atomic mass is 10.1. The van der Waals surface area contributed by atoms with Gasteiger partial charge in [-0.15, -0.1) is 11.3 Å². The van der Waals surface area contributed by atoms with Gasteiger partial charge in [-0.25, -0.2) is 19.6 Å². The normalized spacial score (nSPS) is 10.8. The highest BCUT2D eigenvalue weighted by atomic mass is 32.1. The number of hydrogen-bond acceptors (Lipinski definition) is 6. The minimum atomic E-state index is -0.114. The Hall–Kier alpha value is -2.61. The molecule has 0 bridgehead atoms. The van der Waals surface area contributed by atoms with Crippen molar-refractivity contribution in [2.75, 3.05) is 5.32 Å². The van der Waals surface area contributed by atoms with Crippen molar-refractivity contribution < 1.29 is 4.79 Å². The minimum absolute atomic E-state index is 0.114. The maximum Gasteiger partial charge on any atom is 0.251 e. The second-order valence-corrected chi connectivity index (χ2v) is 6.47. The van der Waals surface area contributed by atoms with Crippen molar-refractivity contribution in [3.63, 3.8) is 0 Å². The number of amides is 1. The second kappa shape index (κ2) is 6.48. The zero-order chi connectivity index (χ0) is 17.3. The SMILES string of the molecule is Cc1cc(C)nc(-n2nc(C)c(CC(=O)Nc3nccs3)c2C)n1. The van der Waals surface area contributed by atoms with Gasteiger partial charge in [0.2, 0.25) is 5.91 Å². The molecule has 0 atom stereocenters. The van der Waals surface area contributed by atoms with Crippen LogP contribution in [0.3, 0.4) is 0 Å². The van der Waals surface area contributed by atoms with E-state index in [-0.39, 0.29) is 12.3 Å². The van der Waals surface area contributed by atoms with E-state index in [0.29, 0.717) is 11.1 Å². The molecular weight excluding hydrogens is 324 g/mol. The molecule has 3 heterocycles. The van der Waals surface area contributed by atoms with Crippen LogP contribution in [0.25, 0.3) is 5.95 Å². The van der Waals surface area contributed by atoms with Crippen LogP contribution in [0.15, 0.2) is 17.6 Å². The van der Waals surface area contributed by atoms with Gasteiger partial charge in [0.25, 0.3) is 5.95 Å². The summed E-state index contributed by atoms with van der Waals surface area (Å²) in [4.78, 5) is 25.2. The molecule has 0 aliphatic carbocycles. The molecule has 3 aromatic heterocycles. The fourth-order valence-corrected chi connectivity index (χ4v) is 3.08. The number of carbonyl (C=O) groups is 1. The standard InChI is InChI=1S/C16H18N6OS/c1-9-7-10(2)19-15(18-9)22-12(4)13(11(3)21-22)8-14(23)20-16-17-5-6-24-16/h5-7H,8H2,1-4H3,(H,17,20,23). The second-order valence-electron chi connectivity index (χ2n) is 5.57. The molecule has 1 N–H and O–H groups in total. The minimum Gasteiger partial charge on any atom is -0.302 e. The molecule has 1 amide bonds. The Labute approximate surface area is 143 Å². The molecule has 0 saturated carbocycles. The number of aromatic nitrogens is 5. The largest absolute Gasteiger partial charge is 0.302 e. The average Bonchev–Trinajstić information content (AvgIpc) is 3.09. The summed E-state index contributed by atoms with van der Waals surface area (Å²) in [5.41, 5.74) is 4.31. The van der Waals surface area contributed by atoms with E-state index in [9.17, 15) is 4.79 Å². The monoisotopic (exact) mass is 342 g/mol. The molecule has 8 heteroatoms. The number of carbonyl (C=O) groups excluding carboxylic acids is 1. The summed E-state index contributed by atoms with van der Waals surface area (Å²) < 4.78 is 1.70. The molecule has 24 heavy (non-hydrogen) atoms. The molecule has 0 saturated heterocycles. The van der Waals surface area contributed by atoms with E-state index in [1.165, 1.54) is 11.3 Å². The molecule has 7 nitrogen and oxygen atoms in total. The summed E-state index contributed by atoms with van der Waals surface area (Å²) in [6.45, 7) is 7.66. The molecule has 0 aromatic carbocycles. The van der Waals surface area contributed by atoms with Gasteiger partial charge in [0, 0.05) is 34.2 Å². The highest BCUT2D eigenvalue weighted by Gasteiger charge is 2.18. The Bertz CT molecular complexity index is 864. The van der Waals surface area contributed by atoms with Crippen molar-refractivity contribution in [1.82, 2.24) is 24.7 Å². The van der Waals surface area contributed by atoms with Crippen molar-refractivity contribution in [3.8, 4) is 5.95 Å². The predicted molar refractivity (Wildman–Crippen MR) is 92.5 cm³/mol. The summed E-state index contributed by atoms with van der Waals surface area (Å²) in [5.74, 6) is 0.414. The number of nitrogens with zero attached hydrogens (tertiary/aromatic N) is 5. The molecule has 0 spiro atoms. The lowest BCUT2D eigenvalue weighted by Crippen LogP contribution is -2.15. The summed E-state index contributed by atoms with van der Waals surface area (Å²) in [6, 6.07) is 1.91. The van der Waals surface area contributed by atoms with Gasteiger partial charge in [-0.1, -0.05) is 0 Å². The van der Waals surface area contributed by atoms with E-state index in [1.54, 1.807) is 10.9 Å². The fourth-order valence-electron chi connectivity index (χ4n) is 2.54. The van der Waals surface area contributed by atoms with Gasteiger partial charge in [-0.3, -0.25) is 4.79 Å². The van der Waals surface area contributed by atoms with Crippen LogP contribution in [-0.2, 0) is 11.2 Å². The first-order chi connectivity index (χ1) is 11.4. The Morgan fingerprint density at radius 1 is 1.21 bits per heavy atom. The van der Waals surface area contributed by atoms with Crippen LogP contribution < -0.4 is 5.32 Å². The van der Waals surface area contributed by atoms with Crippen LogP contribution in [0.1, 0.15) is 28.3 Å². The lowest BCUT2D eigenvalue weighted by Gasteiger charge is -2.06. The topological polar surface area (TPSA) is 85.6 Å². The van der Waals surface area contributed by atoms with Crippen LogP contribution in [-0.4, -0.2) is 30.6 Å². The molecule has 124 valence electrons. The van der Waals surface area contributed by atoms with E-state index in [4.69, 9.17) is 0 Å². The molecule has 0 radical (unpaired) electrons. The summed E-state index contributed by atoms with van der Waals surface area (Å²) in [7, 11) is 0. The molecule has 0 fully saturated rings. The Balaban J connectivity index is 1.87. The first-order valence-corrected chi connectivity index (χ1v) is 8.39. The van der Waals surface area contributed by atoms with Gasteiger partial charge in [0.05, 0.1) is 12.1 Å². The van der Waals surface area contributed by atoms with E-state index in [0.717, 1.165) is 28.3 Å². The molecular formula is C16H18N6OS. The van der Waals surface area contributed by atoms with Crippen LogP contribution >= 0.6 is 11.3 Å². The van der Waals surface area contributed by atoms with Gasteiger partial charge in [0.15, 0.2) is 5.13 Å². The average molecular weight is 342 g/mol. The highest BCUT2D eigenvalue weighted by molar-refractivity contribution is 7.13. The third-order valence-corrected chi connectivity index (χ3v) is 4.31. The van der Waals surface area contributed by atoms with E-state index in [2.05, 4.69) is 25.4 Å².